The van der Waals surface area contributed by atoms with Crippen molar-refractivity contribution in [2.45, 2.75) is 83.5 Å². The molecule has 0 aromatic rings. The summed E-state index contributed by atoms with van der Waals surface area (Å²) in [4.78, 5) is 0. The van der Waals surface area contributed by atoms with Gasteiger partial charge >= 0.3 is 0 Å². The van der Waals surface area contributed by atoms with Gasteiger partial charge in [0.15, 0.2) is 0 Å². The Morgan fingerprint density at radius 2 is 1.63 bits per heavy atom. The van der Waals surface area contributed by atoms with Gasteiger partial charge < -0.3 is 14.8 Å². The van der Waals surface area contributed by atoms with E-state index in [4.69, 9.17) is 9.47 Å². The fourth-order valence-electron chi connectivity index (χ4n) is 2.62. The second-order valence-corrected chi connectivity index (χ2v) is 5.64. The normalized spacial score (nSPS) is 26.4. The Balaban J connectivity index is 2.02. The molecule has 114 valence electrons. The summed E-state index contributed by atoms with van der Waals surface area (Å²) < 4.78 is 11.8. The van der Waals surface area contributed by atoms with Gasteiger partial charge in [-0.25, -0.2) is 0 Å². The summed E-state index contributed by atoms with van der Waals surface area (Å²) in [7, 11) is 2.01. The SMILES string of the molecule is CCCCCCCCOC1CC(NC)C1OCCC. The molecule has 0 aromatic carbocycles. The van der Waals surface area contributed by atoms with Gasteiger partial charge in [-0.3, -0.25) is 0 Å². The first-order valence-corrected chi connectivity index (χ1v) is 8.23. The van der Waals surface area contributed by atoms with Crippen molar-refractivity contribution in [2.75, 3.05) is 20.3 Å². The molecular weight excluding hydrogens is 238 g/mol. The molecule has 3 nitrogen and oxygen atoms in total. The summed E-state index contributed by atoms with van der Waals surface area (Å²) in [5.74, 6) is 0. The van der Waals surface area contributed by atoms with Crippen LogP contribution in [0.2, 0.25) is 0 Å². The largest absolute Gasteiger partial charge is 0.375 e. The molecule has 1 rings (SSSR count). The van der Waals surface area contributed by atoms with Gasteiger partial charge in [0.05, 0.1) is 12.2 Å². The van der Waals surface area contributed by atoms with E-state index in [2.05, 4.69) is 19.2 Å². The molecule has 0 saturated heterocycles. The van der Waals surface area contributed by atoms with E-state index < -0.39 is 0 Å². The van der Waals surface area contributed by atoms with Gasteiger partial charge in [0.1, 0.15) is 0 Å². The third kappa shape index (κ3) is 6.24. The molecule has 0 bridgehead atoms. The Morgan fingerprint density at radius 3 is 2.32 bits per heavy atom. The maximum Gasteiger partial charge on any atom is 0.0990 e. The molecule has 1 fully saturated rings. The summed E-state index contributed by atoms with van der Waals surface area (Å²) in [5.41, 5.74) is 0. The highest BCUT2D eigenvalue weighted by Crippen LogP contribution is 2.27. The van der Waals surface area contributed by atoms with Crippen LogP contribution >= 0.6 is 0 Å². The monoisotopic (exact) mass is 271 g/mol. The molecule has 0 aliphatic heterocycles. The van der Waals surface area contributed by atoms with Crippen molar-refractivity contribution in [2.24, 2.45) is 0 Å². The maximum atomic E-state index is 5.96. The van der Waals surface area contributed by atoms with Crippen molar-refractivity contribution in [3.63, 3.8) is 0 Å². The molecule has 1 aliphatic carbocycles. The highest BCUT2D eigenvalue weighted by molar-refractivity contribution is 4.96. The summed E-state index contributed by atoms with van der Waals surface area (Å²) >= 11 is 0. The number of likely N-dealkylation sites (N-methyl/N-ethyl adjacent to an activating group) is 1. The number of nitrogens with one attached hydrogen (secondary N) is 1. The van der Waals surface area contributed by atoms with E-state index in [0.29, 0.717) is 12.1 Å². The van der Waals surface area contributed by atoms with Crippen molar-refractivity contribution in [3.8, 4) is 0 Å². The summed E-state index contributed by atoms with van der Waals surface area (Å²) in [5, 5.41) is 3.31. The Morgan fingerprint density at radius 1 is 0.895 bits per heavy atom. The number of hydrogen-bond acceptors (Lipinski definition) is 3. The minimum Gasteiger partial charge on any atom is -0.375 e. The molecule has 3 heteroatoms. The van der Waals surface area contributed by atoms with Crippen molar-refractivity contribution in [3.05, 3.63) is 0 Å². The van der Waals surface area contributed by atoms with Gasteiger partial charge in [0, 0.05) is 19.3 Å². The van der Waals surface area contributed by atoms with Gasteiger partial charge in [-0.15, -0.1) is 0 Å². The Bertz CT molecular complexity index is 211. The lowest BCUT2D eigenvalue weighted by Crippen LogP contribution is -2.59. The van der Waals surface area contributed by atoms with Gasteiger partial charge in [-0.05, 0) is 26.3 Å². The standard InChI is InChI=1S/C16H33NO2/c1-4-6-7-8-9-10-12-18-15-13-14(17-3)16(15)19-11-5-2/h14-17H,4-13H2,1-3H3. The molecule has 0 heterocycles. The van der Waals surface area contributed by atoms with Crippen LogP contribution in [0.4, 0.5) is 0 Å². The first kappa shape index (κ1) is 16.9. The zero-order chi connectivity index (χ0) is 13.9. The predicted octanol–water partition coefficient (Wildman–Crippen LogP) is 3.52. The molecule has 3 unspecified atom stereocenters. The minimum atomic E-state index is 0.269. The van der Waals surface area contributed by atoms with Crippen LogP contribution < -0.4 is 5.32 Å². The van der Waals surface area contributed by atoms with E-state index in [9.17, 15) is 0 Å². The highest BCUT2D eigenvalue weighted by atomic mass is 16.5. The summed E-state index contributed by atoms with van der Waals surface area (Å²) in [6.07, 6.45) is 10.7. The molecular formula is C16H33NO2. The fraction of sp³-hybridized carbons (Fsp3) is 1.00. The van der Waals surface area contributed by atoms with Crippen LogP contribution in [0.1, 0.15) is 65.2 Å². The van der Waals surface area contributed by atoms with Crippen molar-refractivity contribution in [1.82, 2.24) is 5.32 Å². The second-order valence-electron chi connectivity index (χ2n) is 5.64. The maximum absolute atomic E-state index is 5.96. The average Bonchev–Trinajstić information content (AvgIpc) is 2.40. The first-order valence-electron chi connectivity index (χ1n) is 8.23. The quantitative estimate of drug-likeness (QED) is 0.551. The lowest BCUT2D eigenvalue weighted by Gasteiger charge is -2.43. The lowest BCUT2D eigenvalue weighted by atomic mass is 9.85. The highest BCUT2D eigenvalue weighted by Gasteiger charge is 2.41. The third-order valence-electron chi connectivity index (χ3n) is 3.96. The number of hydrogen-bond donors (Lipinski definition) is 1. The molecule has 1 saturated carbocycles. The molecule has 19 heavy (non-hydrogen) atoms. The summed E-state index contributed by atoms with van der Waals surface area (Å²) in [6, 6.07) is 0.487. The van der Waals surface area contributed by atoms with E-state index in [1.807, 2.05) is 7.05 Å². The minimum absolute atomic E-state index is 0.269. The van der Waals surface area contributed by atoms with E-state index in [-0.39, 0.29) is 6.10 Å². The Labute approximate surface area is 119 Å². The van der Waals surface area contributed by atoms with Crippen LogP contribution in [0.15, 0.2) is 0 Å². The van der Waals surface area contributed by atoms with Gasteiger partial charge in [-0.1, -0.05) is 46.0 Å². The van der Waals surface area contributed by atoms with Gasteiger partial charge in [0.2, 0.25) is 0 Å². The topological polar surface area (TPSA) is 30.5 Å². The van der Waals surface area contributed by atoms with E-state index >= 15 is 0 Å². The third-order valence-corrected chi connectivity index (χ3v) is 3.96. The Hall–Kier alpha value is -0.120. The molecule has 0 radical (unpaired) electrons. The molecule has 0 spiro atoms. The number of ether oxygens (including phenoxy) is 2. The predicted molar refractivity (Wildman–Crippen MR) is 80.6 cm³/mol. The van der Waals surface area contributed by atoms with Gasteiger partial charge in [0.25, 0.3) is 0 Å². The zero-order valence-electron chi connectivity index (χ0n) is 13.1. The number of rotatable bonds is 12. The van der Waals surface area contributed by atoms with Crippen molar-refractivity contribution < 1.29 is 9.47 Å². The average molecular weight is 271 g/mol. The first-order chi connectivity index (χ1) is 9.33. The van der Waals surface area contributed by atoms with Gasteiger partial charge in [-0.2, -0.15) is 0 Å². The van der Waals surface area contributed by atoms with Crippen LogP contribution in [0, 0.1) is 0 Å². The van der Waals surface area contributed by atoms with E-state index in [1.165, 1.54) is 38.5 Å². The van der Waals surface area contributed by atoms with Crippen molar-refractivity contribution in [1.29, 1.82) is 0 Å². The molecule has 1 N–H and O–H groups in total. The number of unbranched alkanes of at least 4 members (excludes halogenated alkanes) is 5. The van der Waals surface area contributed by atoms with Crippen LogP contribution in [0.5, 0.6) is 0 Å². The molecule has 1 aliphatic rings. The zero-order valence-corrected chi connectivity index (χ0v) is 13.1. The lowest BCUT2D eigenvalue weighted by molar-refractivity contribution is -0.146. The molecule has 0 aromatic heterocycles. The van der Waals surface area contributed by atoms with Crippen molar-refractivity contribution >= 4 is 0 Å². The van der Waals surface area contributed by atoms with E-state index in [0.717, 1.165) is 26.1 Å². The summed E-state index contributed by atoms with van der Waals surface area (Å²) in [6.45, 7) is 6.16. The van der Waals surface area contributed by atoms with Crippen LogP contribution in [-0.2, 0) is 9.47 Å². The fourth-order valence-corrected chi connectivity index (χ4v) is 2.62. The van der Waals surface area contributed by atoms with Crippen LogP contribution in [-0.4, -0.2) is 38.5 Å². The van der Waals surface area contributed by atoms with E-state index in [1.54, 1.807) is 0 Å². The molecule has 3 atom stereocenters. The Kier molecular flexibility index (Phi) is 9.48. The van der Waals surface area contributed by atoms with Crippen LogP contribution in [0.3, 0.4) is 0 Å². The smallest absolute Gasteiger partial charge is 0.0990 e. The van der Waals surface area contributed by atoms with Crippen LogP contribution in [0.25, 0.3) is 0 Å². The second kappa shape index (κ2) is 10.6. The molecule has 0 amide bonds.